The molecule has 0 aliphatic carbocycles. The maximum atomic E-state index is 6.29. The molecule has 0 radical (unpaired) electrons. The lowest BCUT2D eigenvalue weighted by atomic mass is 9.78. The van der Waals surface area contributed by atoms with E-state index in [1.54, 1.807) is 0 Å². The van der Waals surface area contributed by atoms with Gasteiger partial charge in [-0.2, -0.15) is 5.10 Å². The Morgan fingerprint density at radius 3 is 2.53 bits per heavy atom. The summed E-state index contributed by atoms with van der Waals surface area (Å²) in [6.45, 7) is 3.52. The Balaban J connectivity index is 2.23. The number of hydrogen-bond donors (Lipinski definition) is 0. The number of nitrogens with zero attached hydrogens (tertiary/aromatic N) is 2. The average molecular weight is 277 g/mol. The van der Waals surface area contributed by atoms with Gasteiger partial charge in [-0.05, 0) is 31.6 Å². The normalized spacial score (nSPS) is 19.5. The van der Waals surface area contributed by atoms with E-state index >= 15 is 0 Å². The van der Waals surface area contributed by atoms with E-state index in [9.17, 15) is 0 Å². The monoisotopic (exact) mass is 276 g/mol. The van der Waals surface area contributed by atoms with E-state index in [4.69, 9.17) is 27.9 Å². The molecule has 1 aliphatic heterocycles. The van der Waals surface area contributed by atoms with Crippen molar-refractivity contribution < 1.29 is 4.74 Å². The van der Waals surface area contributed by atoms with Crippen LogP contribution in [-0.4, -0.2) is 28.9 Å². The van der Waals surface area contributed by atoms with Crippen molar-refractivity contribution in [2.75, 3.05) is 19.1 Å². The number of hydrogen-bond acceptors (Lipinski definition) is 2. The van der Waals surface area contributed by atoms with Crippen LogP contribution in [-0.2, 0) is 18.2 Å². The molecule has 5 heteroatoms. The second kappa shape index (κ2) is 5.17. The topological polar surface area (TPSA) is 27.1 Å². The van der Waals surface area contributed by atoms with Gasteiger partial charge >= 0.3 is 0 Å². The first-order valence-electron chi connectivity index (χ1n) is 5.90. The summed E-state index contributed by atoms with van der Waals surface area (Å²) >= 11 is 12.5. The summed E-state index contributed by atoms with van der Waals surface area (Å²) in [6.07, 6.45) is 2.88. The van der Waals surface area contributed by atoms with E-state index < -0.39 is 0 Å². The smallest absolute Gasteiger partial charge is 0.0847 e. The van der Waals surface area contributed by atoms with Gasteiger partial charge in [-0.3, -0.25) is 4.68 Å². The molecule has 0 bridgehead atoms. The highest BCUT2D eigenvalue weighted by molar-refractivity contribution is 6.31. The summed E-state index contributed by atoms with van der Waals surface area (Å²) in [5.74, 6) is 0.650. The number of halogens is 2. The highest BCUT2D eigenvalue weighted by Gasteiger charge is 2.34. The molecule has 0 unspecified atom stereocenters. The molecular weight excluding hydrogens is 259 g/mol. The van der Waals surface area contributed by atoms with E-state index in [1.807, 2.05) is 18.7 Å². The fourth-order valence-electron chi connectivity index (χ4n) is 2.39. The maximum absolute atomic E-state index is 6.29. The van der Waals surface area contributed by atoms with Crippen LogP contribution in [0.2, 0.25) is 5.02 Å². The molecular formula is C12H18Cl2N2O. The Morgan fingerprint density at radius 1 is 1.41 bits per heavy atom. The van der Waals surface area contributed by atoms with Crippen LogP contribution in [0.5, 0.6) is 0 Å². The van der Waals surface area contributed by atoms with Gasteiger partial charge in [0.2, 0.25) is 0 Å². The van der Waals surface area contributed by atoms with Gasteiger partial charge in [-0.25, -0.2) is 0 Å². The molecule has 1 aromatic heterocycles. The van der Waals surface area contributed by atoms with Crippen LogP contribution in [0.4, 0.5) is 0 Å². The quantitative estimate of drug-likeness (QED) is 0.794. The second-order valence-corrected chi connectivity index (χ2v) is 5.54. The van der Waals surface area contributed by atoms with Crippen molar-refractivity contribution in [3.05, 3.63) is 16.4 Å². The van der Waals surface area contributed by atoms with Gasteiger partial charge in [0, 0.05) is 26.1 Å². The molecule has 1 saturated heterocycles. The van der Waals surface area contributed by atoms with Crippen molar-refractivity contribution in [3.63, 3.8) is 0 Å². The molecule has 0 amide bonds. The summed E-state index contributed by atoms with van der Waals surface area (Å²) in [5.41, 5.74) is 2.09. The van der Waals surface area contributed by atoms with Crippen molar-refractivity contribution >= 4 is 23.2 Å². The van der Waals surface area contributed by atoms with Gasteiger partial charge in [0.05, 0.1) is 16.4 Å². The minimum absolute atomic E-state index is 0.115. The Hall–Kier alpha value is -0.250. The molecule has 17 heavy (non-hydrogen) atoms. The molecule has 0 atom stereocenters. The SMILES string of the molecule is Cc1nn(C)c(CC2(CCl)CCOCC2)c1Cl. The number of rotatable bonds is 3. The van der Waals surface area contributed by atoms with Crippen LogP contribution in [0.15, 0.2) is 0 Å². The molecule has 2 heterocycles. The first-order valence-corrected chi connectivity index (χ1v) is 6.81. The first kappa shape index (κ1) is 13.2. The summed E-state index contributed by atoms with van der Waals surface area (Å²) in [4.78, 5) is 0. The lowest BCUT2D eigenvalue weighted by Gasteiger charge is -2.35. The molecule has 96 valence electrons. The van der Waals surface area contributed by atoms with E-state index in [0.717, 1.165) is 48.9 Å². The largest absolute Gasteiger partial charge is 0.381 e. The van der Waals surface area contributed by atoms with Crippen LogP contribution in [0, 0.1) is 12.3 Å². The highest BCUT2D eigenvalue weighted by atomic mass is 35.5. The molecule has 0 saturated carbocycles. The third-order valence-corrected chi connectivity index (χ3v) is 4.70. The molecule has 2 rings (SSSR count). The summed E-state index contributed by atoms with van der Waals surface area (Å²) in [5, 5.41) is 5.13. The summed E-state index contributed by atoms with van der Waals surface area (Å²) < 4.78 is 7.29. The van der Waals surface area contributed by atoms with Gasteiger partial charge < -0.3 is 4.74 Å². The van der Waals surface area contributed by atoms with Crippen LogP contribution in [0.1, 0.15) is 24.2 Å². The third-order valence-electron chi connectivity index (χ3n) is 3.64. The van der Waals surface area contributed by atoms with Crippen LogP contribution < -0.4 is 0 Å². The molecule has 1 aliphatic rings. The Labute approximate surface area is 112 Å². The highest BCUT2D eigenvalue weighted by Crippen LogP contribution is 2.37. The minimum atomic E-state index is 0.115. The van der Waals surface area contributed by atoms with Crippen molar-refractivity contribution in [2.24, 2.45) is 12.5 Å². The molecule has 1 aromatic rings. The maximum Gasteiger partial charge on any atom is 0.0847 e. The van der Waals surface area contributed by atoms with Crippen molar-refractivity contribution in [2.45, 2.75) is 26.2 Å². The van der Waals surface area contributed by atoms with Gasteiger partial charge in [-0.1, -0.05) is 11.6 Å². The van der Waals surface area contributed by atoms with Gasteiger partial charge in [0.15, 0.2) is 0 Å². The zero-order valence-corrected chi connectivity index (χ0v) is 11.8. The number of aromatic nitrogens is 2. The van der Waals surface area contributed by atoms with E-state index in [0.29, 0.717) is 5.88 Å². The zero-order chi connectivity index (χ0) is 12.5. The molecule has 3 nitrogen and oxygen atoms in total. The Bertz CT molecular complexity index is 397. The van der Waals surface area contributed by atoms with Crippen LogP contribution in [0.25, 0.3) is 0 Å². The molecule has 0 N–H and O–H groups in total. The predicted molar refractivity (Wildman–Crippen MR) is 69.9 cm³/mol. The van der Waals surface area contributed by atoms with Crippen LogP contribution >= 0.6 is 23.2 Å². The Morgan fingerprint density at radius 2 is 2.06 bits per heavy atom. The van der Waals surface area contributed by atoms with Crippen molar-refractivity contribution in [1.82, 2.24) is 9.78 Å². The zero-order valence-electron chi connectivity index (χ0n) is 10.3. The second-order valence-electron chi connectivity index (χ2n) is 4.89. The standard InChI is InChI=1S/C12H18Cl2N2O/c1-9-11(14)10(16(2)15-9)7-12(8-13)3-5-17-6-4-12/h3-8H2,1-2H3. The fraction of sp³-hybridized carbons (Fsp3) is 0.750. The number of ether oxygens (including phenoxy) is 1. The molecule has 0 spiro atoms. The van der Waals surface area contributed by atoms with Crippen LogP contribution in [0.3, 0.4) is 0 Å². The third kappa shape index (κ3) is 2.61. The predicted octanol–water partition coefficient (Wildman–Crippen LogP) is 2.96. The first-order chi connectivity index (χ1) is 8.08. The fourth-order valence-corrected chi connectivity index (χ4v) is 2.98. The lowest BCUT2D eigenvalue weighted by molar-refractivity contribution is 0.0250. The van der Waals surface area contributed by atoms with Crippen molar-refractivity contribution in [1.29, 1.82) is 0 Å². The number of aryl methyl sites for hydroxylation is 2. The van der Waals surface area contributed by atoms with Gasteiger partial charge in [0.25, 0.3) is 0 Å². The summed E-state index contributed by atoms with van der Waals surface area (Å²) in [7, 11) is 1.94. The Kier molecular flexibility index (Phi) is 4.01. The average Bonchev–Trinajstić information content (AvgIpc) is 2.57. The lowest BCUT2D eigenvalue weighted by Crippen LogP contribution is -2.34. The molecule has 1 fully saturated rings. The molecule has 0 aromatic carbocycles. The van der Waals surface area contributed by atoms with Gasteiger partial charge in [-0.15, -0.1) is 11.6 Å². The van der Waals surface area contributed by atoms with E-state index in [1.165, 1.54) is 0 Å². The number of alkyl halides is 1. The van der Waals surface area contributed by atoms with E-state index in [2.05, 4.69) is 5.10 Å². The van der Waals surface area contributed by atoms with Gasteiger partial charge in [0.1, 0.15) is 0 Å². The minimum Gasteiger partial charge on any atom is -0.381 e. The van der Waals surface area contributed by atoms with Crippen molar-refractivity contribution in [3.8, 4) is 0 Å². The van der Waals surface area contributed by atoms with E-state index in [-0.39, 0.29) is 5.41 Å². The summed E-state index contributed by atoms with van der Waals surface area (Å²) in [6, 6.07) is 0.